The third-order valence-electron chi connectivity index (χ3n) is 5.14. The molecule has 3 rings (SSSR count). The van der Waals surface area contributed by atoms with Crippen molar-refractivity contribution in [2.75, 3.05) is 0 Å². The zero-order chi connectivity index (χ0) is 30.4. The number of pyridine rings is 2. The Morgan fingerprint density at radius 2 is 0.810 bits per heavy atom. The Morgan fingerprint density at radius 1 is 0.571 bits per heavy atom. The molecular formula is C31H41DyN2O8. The van der Waals surface area contributed by atoms with Crippen LogP contribution in [0.4, 0.5) is 0 Å². The molecule has 0 atom stereocenters. The van der Waals surface area contributed by atoms with E-state index in [2.05, 4.69) is 49.8 Å². The molecule has 10 nitrogen and oxygen atoms in total. The van der Waals surface area contributed by atoms with E-state index in [0.29, 0.717) is 0 Å². The summed E-state index contributed by atoms with van der Waals surface area (Å²) in [6.07, 6.45) is 7.04. The summed E-state index contributed by atoms with van der Waals surface area (Å²) in [7, 11) is 0. The number of carbonyl (C=O) groups is 3. The molecule has 1 aromatic carbocycles. The molecule has 0 saturated carbocycles. The van der Waals surface area contributed by atoms with E-state index in [0.717, 1.165) is 29.3 Å². The van der Waals surface area contributed by atoms with Crippen LogP contribution in [0.3, 0.4) is 0 Å². The predicted molar refractivity (Wildman–Crippen MR) is 157 cm³/mol. The van der Waals surface area contributed by atoms with Crippen LogP contribution in [-0.2, 0) is 14.4 Å². The number of rotatable bonds is 3. The largest absolute Gasteiger partial charge is 3.00 e. The van der Waals surface area contributed by atoms with Crippen LogP contribution in [0.2, 0.25) is 0 Å². The van der Waals surface area contributed by atoms with Crippen molar-refractivity contribution in [2.24, 2.45) is 0 Å². The number of aryl methyl sites for hydroxylation is 4. The van der Waals surface area contributed by atoms with Gasteiger partial charge in [0, 0.05) is 23.2 Å². The SMILES string of the molecule is CC(=O)/C=C(/C)[O-].CC(=O)/C=C(/C)[O-].CC(=O)/C=C(/C)[O-].Cc1cnc2c(ccc3c(C)c(C)cnc32)c1C.O.O.[Dy+3]. The molecule has 0 saturated heterocycles. The number of hydrogen-bond donors (Lipinski definition) is 0. The minimum absolute atomic E-state index is 0. The van der Waals surface area contributed by atoms with E-state index in [9.17, 15) is 29.7 Å². The molecule has 0 aliphatic heterocycles. The molecule has 2 heterocycles. The van der Waals surface area contributed by atoms with Gasteiger partial charge in [0.05, 0.1) is 11.0 Å². The summed E-state index contributed by atoms with van der Waals surface area (Å²) < 4.78 is 0. The van der Waals surface area contributed by atoms with Gasteiger partial charge in [0.2, 0.25) is 0 Å². The molecule has 0 fully saturated rings. The fourth-order valence-electron chi connectivity index (χ4n) is 3.25. The van der Waals surface area contributed by atoms with Gasteiger partial charge in [-0.25, -0.2) is 0 Å². The molecule has 2 aromatic heterocycles. The third kappa shape index (κ3) is 17.6. The monoisotopic (exact) mass is 733 g/mol. The number of fused-ring (bicyclic) bond motifs is 3. The minimum Gasteiger partial charge on any atom is -0.876 e. The number of benzene rings is 1. The minimum atomic E-state index is -0.187. The van der Waals surface area contributed by atoms with E-state index in [1.807, 2.05) is 12.4 Å². The van der Waals surface area contributed by atoms with Gasteiger partial charge in [-0.3, -0.25) is 24.4 Å². The molecule has 42 heavy (non-hydrogen) atoms. The van der Waals surface area contributed by atoms with Gasteiger partial charge in [0.1, 0.15) is 0 Å². The number of carbonyl (C=O) groups excluding carboxylic acids is 3. The van der Waals surface area contributed by atoms with Gasteiger partial charge in [-0.15, -0.1) is 17.3 Å². The fraction of sp³-hybridized carbons (Fsp3) is 0.323. The molecule has 0 aliphatic carbocycles. The zero-order valence-electron chi connectivity index (χ0n) is 25.7. The van der Waals surface area contributed by atoms with Gasteiger partial charge in [-0.05, 0) is 88.9 Å². The van der Waals surface area contributed by atoms with Crippen molar-refractivity contribution in [3.8, 4) is 0 Å². The third-order valence-corrected chi connectivity index (χ3v) is 5.14. The normalized spacial score (nSPS) is 10.6. The Balaban J connectivity index is -0.000000256. The van der Waals surface area contributed by atoms with Crippen molar-refractivity contribution >= 4 is 39.2 Å². The first-order valence-corrected chi connectivity index (χ1v) is 12.2. The Hall–Kier alpha value is -3.14. The Kier molecular flexibility index (Phi) is 24.5. The fourth-order valence-corrected chi connectivity index (χ4v) is 3.25. The summed E-state index contributed by atoms with van der Waals surface area (Å²) in [6.45, 7) is 16.6. The second-order valence-corrected chi connectivity index (χ2v) is 9.09. The quantitative estimate of drug-likeness (QED) is 0.220. The maximum Gasteiger partial charge on any atom is 3.00 e. The van der Waals surface area contributed by atoms with Crippen LogP contribution in [0.25, 0.3) is 21.8 Å². The molecule has 0 bridgehead atoms. The van der Waals surface area contributed by atoms with E-state index in [-0.39, 0.29) is 83.8 Å². The van der Waals surface area contributed by atoms with Gasteiger partial charge in [0.25, 0.3) is 0 Å². The van der Waals surface area contributed by atoms with Crippen LogP contribution >= 0.6 is 0 Å². The molecule has 0 spiro atoms. The van der Waals surface area contributed by atoms with Crippen molar-refractivity contribution in [2.45, 2.75) is 69.2 Å². The van der Waals surface area contributed by atoms with Gasteiger partial charge in [0.15, 0.2) is 17.3 Å². The first kappa shape index (κ1) is 45.8. The van der Waals surface area contributed by atoms with Crippen LogP contribution in [0.5, 0.6) is 0 Å². The molecule has 3 aromatic rings. The Labute approximate surface area is 277 Å². The number of hydrogen-bond acceptors (Lipinski definition) is 8. The second kappa shape index (κ2) is 22.5. The summed E-state index contributed by atoms with van der Waals surface area (Å²) in [6, 6.07) is 4.34. The maximum absolute atomic E-state index is 9.98. The number of nitrogens with zero attached hydrogens (tertiary/aromatic N) is 2. The van der Waals surface area contributed by atoms with E-state index in [4.69, 9.17) is 0 Å². The van der Waals surface area contributed by atoms with Crippen LogP contribution in [-0.4, -0.2) is 38.3 Å². The topological polar surface area (TPSA) is 209 Å². The average Bonchev–Trinajstić information content (AvgIpc) is 2.77. The van der Waals surface area contributed by atoms with Gasteiger partial charge >= 0.3 is 38.2 Å². The molecule has 11 heteroatoms. The van der Waals surface area contributed by atoms with Crippen LogP contribution in [0.15, 0.2) is 60.0 Å². The van der Waals surface area contributed by atoms with Crippen molar-refractivity contribution in [1.82, 2.24) is 9.97 Å². The molecule has 1 radical (unpaired) electrons. The van der Waals surface area contributed by atoms with Crippen LogP contribution in [0, 0.1) is 65.9 Å². The summed E-state index contributed by atoms with van der Waals surface area (Å²) in [5.41, 5.74) is 7.07. The number of aromatic nitrogens is 2. The zero-order valence-corrected chi connectivity index (χ0v) is 27.7. The van der Waals surface area contributed by atoms with E-state index in [1.165, 1.54) is 74.6 Å². The predicted octanol–water partition coefficient (Wildman–Crippen LogP) is 1.89. The smallest absolute Gasteiger partial charge is 0.876 e. The molecule has 233 valence electrons. The summed E-state index contributed by atoms with van der Waals surface area (Å²) in [5.74, 6) is -1.12. The standard InChI is InChI=1S/C16H16N2.3C5H8O2.Dy.2H2O/c1-9-7-17-15-13(11(9)3)5-6-14-12(4)10(2)8-18-16(14)15;3*1-4(6)3-5(2)7;;;/h5-8H,1-4H3;3*3,6H,1-2H3;;2*1H2/q;;;;+3;;/p-3/b;3*4-3-;;;. The first-order valence-electron chi connectivity index (χ1n) is 12.2. The molecule has 4 N–H and O–H groups in total. The Bertz CT molecular complexity index is 1300. The summed E-state index contributed by atoms with van der Waals surface area (Å²) in [5, 5.41) is 32.3. The summed E-state index contributed by atoms with van der Waals surface area (Å²) >= 11 is 0. The molecule has 0 amide bonds. The van der Waals surface area contributed by atoms with E-state index >= 15 is 0 Å². The van der Waals surface area contributed by atoms with E-state index < -0.39 is 0 Å². The molecule has 0 aliphatic rings. The first-order chi connectivity index (χ1) is 18.0. The number of allylic oxidation sites excluding steroid dienone is 6. The maximum atomic E-state index is 9.98. The number of ketones is 3. The molecular weight excluding hydrogens is 691 g/mol. The Morgan fingerprint density at radius 3 is 0.976 bits per heavy atom. The van der Waals surface area contributed by atoms with Gasteiger partial charge in [-0.2, -0.15) is 0 Å². The molecule has 0 unspecified atom stereocenters. The van der Waals surface area contributed by atoms with Crippen molar-refractivity contribution in [1.29, 1.82) is 0 Å². The second-order valence-electron chi connectivity index (χ2n) is 9.09. The summed E-state index contributed by atoms with van der Waals surface area (Å²) in [4.78, 5) is 39.1. The van der Waals surface area contributed by atoms with Gasteiger partial charge in [-0.1, -0.05) is 32.9 Å². The van der Waals surface area contributed by atoms with Crippen molar-refractivity contribution < 1.29 is 78.8 Å². The van der Waals surface area contributed by atoms with Crippen molar-refractivity contribution in [3.05, 3.63) is 82.3 Å². The van der Waals surface area contributed by atoms with Crippen LogP contribution < -0.4 is 15.3 Å². The van der Waals surface area contributed by atoms with E-state index in [1.54, 1.807) is 0 Å². The van der Waals surface area contributed by atoms with Gasteiger partial charge < -0.3 is 26.3 Å². The van der Waals surface area contributed by atoms with Crippen molar-refractivity contribution in [3.63, 3.8) is 0 Å². The average molecular weight is 732 g/mol. The van der Waals surface area contributed by atoms with Crippen LogP contribution in [0.1, 0.15) is 63.8 Å².